The van der Waals surface area contributed by atoms with Crippen molar-refractivity contribution in [3.05, 3.63) is 65.0 Å². The number of piperidine rings is 1. The van der Waals surface area contributed by atoms with E-state index >= 15 is 0 Å². The van der Waals surface area contributed by atoms with Crippen molar-refractivity contribution < 1.29 is 4.42 Å². The average Bonchev–Trinajstić information content (AvgIpc) is 3.28. The van der Waals surface area contributed by atoms with Gasteiger partial charge in [0.25, 0.3) is 0 Å². The minimum atomic E-state index is -0.0851. The maximum absolute atomic E-state index is 12.4. The van der Waals surface area contributed by atoms with E-state index in [1.54, 1.807) is 15.3 Å². The first-order chi connectivity index (χ1) is 13.3. The number of fused-ring (bicyclic) bond motifs is 2. The van der Waals surface area contributed by atoms with Crippen molar-refractivity contribution in [2.24, 2.45) is 0 Å². The van der Waals surface area contributed by atoms with Crippen LogP contribution in [-0.4, -0.2) is 43.7 Å². The molecule has 1 aliphatic heterocycles. The molecule has 5 rings (SSSR count). The van der Waals surface area contributed by atoms with Gasteiger partial charge < -0.3 is 9.32 Å². The van der Waals surface area contributed by atoms with E-state index in [1.165, 1.54) is 0 Å². The van der Waals surface area contributed by atoms with Gasteiger partial charge in [-0.15, -0.1) is 5.10 Å². The van der Waals surface area contributed by atoms with Crippen LogP contribution >= 0.6 is 0 Å². The molecule has 0 amide bonds. The molecule has 138 valence electrons. The minimum absolute atomic E-state index is 0.0851. The normalized spacial score (nSPS) is 18.4. The lowest BCUT2D eigenvalue weighted by Gasteiger charge is -2.30. The third kappa shape index (κ3) is 3.04. The SMILES string of the molecule is O=c1n(CCN2CCC[C@H](c3nc4ccccc4o3)C2)nc2ccccn12. The van der Waals surface area contributed by atoms with Crippen LogP contribution in [0.2, 0.25) is 0 Å². The quantitative estimate of drug-likeness (QED) is 0.557. The van der Waals surface area contributed by atoms with Crippen molar-refractivity contribution in [1.82, 2.24) is 24.1 Å². The van der Waals surface area contributed by atoms with Gasteiger partial charge in [-0.25, -0.2) is 14.5 Å². The van der Waals surface area contributed by atoms with Crippen LogP contribution in [0, 0.1) is 0 Å². The van der Waals surface area contributed by atoms with Gasteiger partial charge in [0.1, 0.15) is 5.52 Å². The predicted molar refractivity (Wildman–Crippen MR) is 102 cm³/mol. The molecule has 0 N–H and O–H groups in total. The minimum Gasteiger partial charge on any atom is -0.440 e. The second kappa shape index (κ2) is 6.66. The number of nitrogens with zero attached hydrogens (tertiary/aromatic N) is 5. The molecule has 4 heterocycles. The highest BCUT2D eigenvalue weighted by Crippen LogP contribution is 2.28. The summed E-state index contributed by atoms with van der Waals surface area (Å²) >= 11 is 0. The van der Waals surface area contributed by atoms with Crippen molar-refractivity contribution in [3.8, 4) is 0 Å². The van der Waals surface area contributed by atoms with Gasteiger partial charge in [0, 0.05) is 25.2 Å². The number of aromatic nitrogens is 4. The van der Waals surface area contributed by atoms with Crippen molar-refractivity contribution in [2.75, 3.05) is 19.6 Å². The van der Waals surface area contributed by atoms with Crippen molar-refractivity contribution in [3.63, 3.8) is 0 Å². The van der Waals surface area contributed by atoms with Gasteiger partial charge in [-0.1, -0.05) is 18.2 Å². The summed E-state index contributed by atoms with van der Waals surface area (Å²) in [6.45, 7) is 3.30. The number of benzene rings is 1. The standard InChI is InChI=1S/C20H21N5O2/c26-20-24-11-4-3-9-18(24)22-25(20)13-12-23-10-5-6-15(14-23)19-21-16-7-1-2-8-17(16)27-19/h1-4,7-9,11,15H,5-6,10,12-14H2/t15-/m0/s1. The molecule has 0 radical (unpaired) electrons. The molecule has 0 bridgehead atoms. The number of pyridine rings is 1. The highest BCUT2D eigenvalue weighted by atomic mass is 16.3. The molecule has 0 unspecified atom stereocenters. The molecule has 4 aromatic rings. The summed E-state index contributed by atoms with van der Waals surface area (Å²) in [5, 5.41) is 4.41. The molecule has 7 heteroatoms. The second-order valence-corrected chi connectivity index (χ2v) is 7.09. The van der Waals surface area contributed by atoms with Crippen molar-refractivity contribution in [1.29, 1.82) is 0 Å². The molecular weight excluding hydrogens is 342 g/mol. The molecule has 0 aliphatic carbocycles. The van der Waals surface area contributed by atoms with Crippen molar-refractivity contribution >= 4 is 16.7 Å². The Morgan fingerprint density at radius 3 is 2.89 bits per heavy atom. The maximum atomic E-state index is 12.4. The van der Waals surface area contributed by atoms with E-state index in [0.717, 1.165) is 49.5 Å². The number of hydrogen-bond acceptors (Lipinski definition) is 5. The van der Waals surface area contributed by atoms with E-state index in [1.807, 2.05) is 42.5 Å². The summed E-state index contributed by atoms with van der Waals surface area (Å²) in [5.41, 5.74) is 2.37. The maximum Gasteiger partial charge on any atom is 0.350 e. The van der Waals surface area contributed by atoms with Crippen LogP contribution in [0.15, 0.2) is 57.9 Å². The fourth-order valence-electron chi connectivity index (χ4n) is 3.87. The monoisotopic (exact) mass is 363 g/mol. The van der Waals surface area contributed by atoms with Crippen LogP contribution in [0.1, 0.15) is 24.7 Å². The number of likely N-dealkylation sites (tertiary alicyclic amines) is 1. The van der Waals surface area contributed by atoms with Gasteiger partial charge in [-0.2, -0.15) is 0 Å². The smallest absolute Gasteiger partial charge is 0.350 e. The highest BCUT2D eigenvalue weighted by molar-refractivity contribution is 5.72. The Hall–Kier alpha value is -2.93. The zero-order chi connectivity index (χ0) is 18.2. The topological polar surface area (TPSA) is 68.6 Å². The van der Waals surface area contributed by atoms with Gasteiger partial charge in [0.2, 0.25) is 0 Å². The second-order valence-electron chi connectivity index (χ2n) is 7.09. The van der Waals surface area contributed by atoms with Crippen LogP contribution in [-0.2, 0) is 6.54 Å². The number of hydrogen-bond donors (Lipinski definition) is 0. The van der Waals surface area contributed by atoms with Gasteiger partial charge in [0.05, 0.1) is 6.54 Å². The lowest BCUT2D eigenvalue weighted by atomic mass is 9.98. The molecule has 0 spiro atoms. The number of oxazole rings is 1. The Morgan fingerprint density at radius 1 is 1.11 bits per heavy atom. The molecule has 3 aromatic heterocycles. The third-order valence-corrected chi connectivity index (χ3v) is 5.28. The Labute approximate surface area is 155 Å². The van der Waals surface area contributed by atoms with Crippen LogP contribution in [0.25, 0.3) is 16.7 Å². The summed E-state index contributed by atoms with van der Waals surface area (Å²) in [5.74, 6) is 1.12. The third-order valence-electron chi connectivity index (χ3n) is 5.28. The van der Waals surface area contributed by atoms with Crippen LogP contribution in [0.3, 0.4) is 0 Å². The Balaban J connectivity index is 1.29. The molecule has 1 atom stereocenters. The Kier molecular flexibility index (Phi) is 4.01. The molecule has 0 saturated carbocycles. The predicted octanol–water partition coefficient (Wildman–Crippen LogP) is 2.52. The number of rotatable bonds is 4. The first-order valence-corrected chi connectivity index (χ1v) is 9.40. The summed E-state index contributed by atoms with van der Waals surface area (Å²) in [4.78, 5) is 19.4. The zero-order valence-electron chi connectivity index (χ0n) is 15.0. The molecule has 1 fully saturated rings. The van der Waals surface area contributed by atoms with Crippen LogP contribution in [0.5, 0.6) is 0 Å². The summed E-state index contributed by atoms with van der Waals surface area (Å²) in [7, 11) is 0. The average molecular weight is 363 g/mol. The van der Waals surface area contributed by atoms with Gasteiger partial charge in [-0.05, 0) is 43.7 Å². The van der Waals surface area contributed by atoms with Gasteiger partial charge in [-0.3, -0.25) is 4.40 Å². The number of para-hydroxylation sites is 2. The lowest BCUT2D eigenvalue weighted by Crippen LogP contribution is -2.38. The zero-order valence-corrected chi connectivity index (χ0v) is 15.0. The molecule has 1 aliphatic rings. The molecule has 1 saturated heterocycles. The largest absolute Gasteiger partial charge is 0.440 e. The van der Waals surface area contributed by atoms with Crippen molar-refractivity contribution in [2.45, 2.75) is 25.3 Å². The van der Waals surface area contributed by atoms with E-state index in [-0.39, 0.29) is 5.69 Å². The van der Waals surface area contributed by atoms with E-state index in [0.29, 0.717) is 18.1 Å². The first-order valence-electron chi connectivity index (χ1n) is 9.40. The molecular formula is C20H21N5O2. The summed E-state index contributed by atoms with van der Waals surface area (Å²) < 4.78 is 9.10. The van der Waals surface area contributed by atoms with E-state index in [9.17, 15) is 4.79 Å². The van der Waals surface area contributed by atoms with Crippen LogP contribution < -0.4 is 5.69 Å². The van der Waals surface area contributed by atoms with Gasteiger partial charge >= 0.3 is 5.69 Å². The fraction of sp³-hybridized carbons (Fsp3) is 0.350. The van der Waals surface area contributed by atoms with E-state index < -0.39 is 0 Å². The summed E-state index contributed by atoms with van der Waals surface area (Å²) in [6, 6.07) is 13.5. The van der Waals surface area contributed by atoms with E-state index in [2.05, 4.69) is 15.0 Å². The summed E-state index contributed by atoms with van der Waals surface area (Å²) in [6.07, 6.45) is 3.94. The fourth-order valence-corrected chi connectivity index (χ4v) is 3.87. The Morgan fingerprint density at radius 2 is 2.00 bits per heavy atom. The molecule has 27 heavy (non-hydrogen) atoms. The van der Waals surface area contributed by atoms with Crippen LogP contribution in [0.4, 0.5) is 0 Å². The van der Waals surface area contributed by atoms with E-state index in [4.69, 9.17) is 4.42 Å². The van der Waals surface area contributed by atoms with Gasteiger partial charge in [0.15, 0.2) is 17.1 Å². The first kappa shape index (κ1) is 16.3. The molecule has 7 nitrogen and oxygen atoms in total. The highest BCUT2D eigenvalue weighted by Gasteiger charge is 2.25. The Bertz CT molecular complexity index is 1110. The lowest BCUT2D eigenvalue weighted by molar-refractivity contribution is 0.186. The molecule has 1 aromatic carbocycles.